The van der Waals surface area contributed by atoms with Gasteiger partial charge < -0.3 is 15.0 Å². The molecule has 0 aliphatic rings. The van der Waals surface area contributed by atoms with Gasteiger partial charge in [0.1, 0.15) is 5.82 Å². The summed E-state index contributed by atoms with van der Waals surface area (Å²) >= 11 is 0. The molecule has 3 rings (SSSR count). The Hall–Kier alpha value is -2.89. The molecule has 0 radical (unpaired) electrons. The molecule has 0 aliphatic heterocycles. The van der Waals surface area contributed by atoms with E-state index in [-0.39, 0.29) is 18.3 Å². The molecule has 0 fully saturated rings. The van der Waals surface area contributed by atoms with Crippen LogP contribution < -0.4 is 10.1 Å². The second kappa shape index (κ2) is 7.56. The zero-order valence-electron chi connectivity index (χ0n) is 15.1. The number of benzene rings is 1. The van der Waals surface area contributed by atoms with Crippen LogP contribution in [0.5, 0.6) is 5.88 Å². The van der Waals surface area contributed by atoms with E-state index in [0.717, 1.165) is 27.8 Å². The topological polar surface area (TPSA) is 67.0 Å². The minimum atomic E-state index is -0.261. The number of aryl methyl sites for hydroxylation is 3. The van der Waals surface area contributed by atoms with E-state index >= 15 is 0 Å². The summed E-state index contributed by atoms with van der Waals surface area (Å²) in [6.07, 6.45) is 2.26. The van der Waals surface area contributed by atoms with E-state index in [1.807, 2.05) is 26.8 Å². The van der Waals surface area contributed by atoms with Gasteiger partial charge in [0.2, 0.25) is 5.88 Å². The minimum Gasteiger partial charge on any atom is -0.468 e. The number of nitrogens with zero attached hydrogens (tertiary/aromatic N) is 1. The third-order valence-electron chi connectivity index (χ3n) is 4.37. The van der Waals surface area contributed by atoms with Gasteiger partial charge in [-0.3, -0.25) is 4.79 Å². The lowest BCUT2D eigenvalue weighted by molar-refractivity contribution is -0.123. The van der Waals surface area contributed by atoms with Crippen LogP contribution in [0.3, 0.4) is 0 Å². The molecule has 26 heavy (non-hydrogen) atoms. The molecule has 6 heteroatoms. The van der Waals surface area contributed by atoms with Gasteiger partial charge in [-0.1, -0.05) is 6.07 Å². The Morgan fingerprint density at radius 2 is 2.08 bits per heavy atom. The van der Waals surface area contributed by atoms with Crippen LogP contribution in [0.15, 0.2) is 30.5 Å². The van der Waals surface area contributed by atoms with Crippen molar-refractivity contribution >= 4 is 16.8 Å². The SMILES string of the molecule is Cc1ccnc(OCC(=O)NCCc2c(C)[nH]c3c(F)ccc(C)c23)c1. The van der Waals surface area contributed by atoms with E-state index in [4.69, 9.17) is 4.74 Å². The van der Waals surface area contributed by atoms with Crippen molar-refractivity contribution in [3.63, 3.8) is 0 Å². The first-order chi connectivity index (χ1) is 12.5. The van der Waals surface area contributed by atoms with Crippen molar-refractivity contribution < 1.29 is 13.9 Å². The molecule has 1 aromatic carbocycles. The van der Waals surface area contributed by atoms with Crippen LogP contribution in [-0.4, -0.2) is 29.0 Å². The highest BCUT2D eigenvalue weighted by Crippen LogP contribution is 2.27. The molecular formula is C20H22FN3O2. The Morgan fingerprint density at radius 3 is 2.85 bits per heavy atom. The molecule has 0 aliphatic carbocycles. The van der Waals surface area contributed by atoms with Crippen LogP contribution in [0, 0.1) is 26.6 Å². The third-order valence-corrected chi connectivity index (χ3v) is 4.37. The number of hydrogen-bond acceptors (Lipinski definition) is 3. The summed E-state index contributed by atoms with van der Waals surface area (Å²) < 4.78 is 19.4. The van der Waals surface area contributed by atoms with Crippen molar-refractivity contribution in [1.82, 2.24) is 15.3 Å². The van der Waals surface area contributed by atoms with Crippen molar-refractivity contribution in [2.24, 2.45) is 0 Å². The van der Waals surface area contributed by atoms with Crippen molar-refractivity contribution in [2.45, 2.75) is 27.2 Å². The second-order valence-corrected chi connectivity index (χ2v) is 6.40. The number of pyridine rings is 1. The maximum Gasteiger partial charge on any atom is 0.258 e. The Kier molecular flexibility index (Phi) is 5.21. The van der Waals surface area contributed by atoms with Gasteiger partial charge in [0.15, 0.2) is 6.61 Å². The first kappa shape index (κ1) is 17.9. The number of rotatable bonds is 6. The standard InChI is InChI=1S/C20H22FN3O2/c1-12-6-8-23-18(10-12)26-11-17(25)22-9-7-15-14(3)24-20-16(21)5-4-13(2)19(15)20/h4-6,8,10,24H,7,9,11H2,1-3H3,(H,22,25). The van der Waals surface area contributed by atoms with Crippen LogP contribution in [-0.2, 0) is 11.2 Å². The molecule has 3 aromatic rings. The van der Waals surface area contributed by atoms with Crippen molar-refractivity contribution in [3.05, 3.63) is 58.7 Å². The Bertz CT molecular complexity index is 950. The van der Waals surface area contributed by atoms with Gasteiger partial charge in [-0.05, 0) is 56.0 Å². The average Bonchev–Trinajstić information content (AvgIpc) is 2.94. The Labute approximate surface area is 151 Å². The number of amides is 1. The monoisotopic (exact) mass is 355 g/mol. The zero-order chi connectivity index (χ0) is 18.7. The number of halogens is 1. The highest BCUT2D eigenvalue weighted by molar-refractivity contribution is 5.88. The molecule has 0 saturated carbocycles. The summed E-state index contributed by atoms with van der Waals surface area (Å²) in [5, 5.41) is 3.73. The number of carbonyl (C=O) groups is 1. The average molecular weight is 355 g/mol. The van der Waals surface area contributed by atoms with Crippen molar-refractivity contribution in [2.75, 3.05) is 13.2 Å². The lowest BCUT2D eigenvalue weighted by Crippen LogP contribution is -2.30. The molecular weight excluding hydrogens is 333 g/mol. The fraction of sp³-hybridized carbons (Fsp3) is 0.300. The number of aromatic nitrogens is 2. The van der Waals surface area contributed by atoms with Crippen LogP contribution in [0.1, 0.15) is 22.4 Å². The van der Waals surface area contributed by atoms with Crippen LogP contribution in [0.2, 0.25) is 0 Å². The molecule has 0 saturated heterocycles. The number of carbonyl (C=O) groups excluding carboxylic acids is 1. The summed E-state index contributed by atoms with van der Waals surface area (Å²) in [4.78, 5) is 19.1. The van der Waals surface area contributed by atoms with E-state index in [2.05, 4.69) is 15.3 Å². The quantitative estimate of drug-likeness (QED) is 0.712. The largest absolute Gasteiger partial charge is 0.468 e. The lowest BCUT2D eigenvalue weighted by atomic mass is 10.0. The minimum absolute atomic E-state index is 0.0863. The number of nitrogens with one attached hydrogen (secondary N) is 2. The van der Waals surface area contributed by atoms with E-state index in [0.29, 0.717) is 24.4 Å². The summed E-state index contributed by atoms with van der Waals surface area (Å²) in [6.45, 7) is 6.18. The molecule has 2 N–H and O–H groups in total. The number of fused-ring (bicyclic) bond motifs is 1. The predicted octanol–water partition coefficient (Wildman–Crippen LogP) is 3.36. The van der Waals surface area contributed by atoms with E-state index in [1.165, 1.54) is 6.07 Å². The van der Waals surface area contributed by atoms with Crippen LogP contribution in [0.25, 0.3) is 10.9 Å². The third kappa shape index (κ3) is 3.85. The molecule has 0 bridgehead atoms. The van der Waals surface area contributed by atoms with Crippen LogP contribution in [0.4, 0.5) is 4.39 Å². The Balaban J connectivity index is 1.58. The van der Waals surface area contributed by atoms with Gasteiger partial charge in [0.05, 0.1) is 5.52 Å². The number of ether oxygens (including phenoxy) is 1. The summed E-state index contributed by atoms with van der Waals surface area (Å²) in [7, 11) is 0. The van der Waals surface area contributed by atoms with Crippen molar-refractivity contribution in [3.8, 4) is 5.88 Å². The molecule has 2 heterocycles. The van der Waals surface area contributed by atoms with Gasteiger partial charge in [0.25, 0.3) is 5.91 Å². The first-order valence-electron chi connectivity index (χ1n) is 8.54. The summed E-state index contributed by atoms with van der Waals surface area (Å²) in [6, 6.07) is 6.88. The highest BCUT2D eigenvalue weighted by atomic mass is 19.1. The molecule has 2 aromatic heterocycles. The maximum absolute atomic E-state index is 14.0. The zero-order valence-corrected chi connectivity index (χ0v) is 15.1. The van der Waals surface area contributed by atoms with Gasteiger partial charge in [-0.25, -0.2) is 9.37 Å². The Morgan fingerprint density at radius 1 is 1.27 bits per heavy atom. The summed E-state index contributed by atoms with van der Waals surface area (Å²) in [5.74, 6) is -0.0459. The van der Waals surface area contributed by atoms with Gasteiger partial charge in [-0.2, -0.15) is 0 Å². The van der Waals surface area contributed by atoms with E-state index in [1.54, 1.807) is 18.3 Å². The number of hydrogen-bond donors (Lipinski definition) is 2. The maximum atomic E-state index is 14.0. The first-order valence-corrected chi connectivity index (χ1v) is 8.54. The molecule has 0 unspecified atom stereocenters. The fourth-order valence-corrected chi connectivity index (χ4v) is 3.06. The number of aromatic amines is 1. The molecule has 1 amide bonds. The highest BCUT2D eigenvalue weighted by Gasteiger charge is 2.14. The van der Waals surface area contributed by atoms with Gasteiger partial charge in [0, 0.05) is 29.9 Å². The van der Waals surface area contributed by atoms with Gasteiger partial charge >= 0.3 is 0 Å². The van der Waals surface area contributed by atoms with Crippen molar-refractivity contribution in [1.29, 1.82) is 0 Å². The van der Waals surface area contributed by atoms with E-state index in [9.17, 15) is 9.18 Å². The molecule has 0 spiro atoms. The van der Waals surface area contributed by atoms with E-state index < -0.39 is 0 Å². The predicted molar refractivity (Wildman–Crippen MR) is 98.9 cm³/mol. The molecule has 0 atom stereocenters. The second-order valence-electron chi connectivity index (χ2n) is 6.40. The van der Waals surface area contributed by atoms with Gasteiger partial charge in [-0.15, -0.1) is 0 Å². The smallest absolute Gasteiger partial charge is 0.258 e. The summed E-state index contributed by atoms with van der Waals surface area (Å²) in [5.41, 5.74) is 4.51. The normalized spacial score (nSPS) is 10.9. The number of H-pyrrole nitrogens is 1. The molecule has 136 valence electrons. The van der Waals surface area contributed by atoms with Crippen LogP contribution >= 0.6 is 0 Å². The lowest BCUT2D eigenvalue weighted by Gasteiger charge is -2.08. The fourth-order valence-electron chi connectivity index (χ4n) is 3.06. The molecule has 5 nitrogen and oxygen atoms in total.